The molecule has 0 radical (unpaired) electrons. The van der Waals surface area contributed by atoms with Gasteiger partial charge < -0.3 is 10.2 Å². The lowest BCUT2D eigenvalue weighted by Crippen LogP contribution is -2.48. The van der Waals surface area contributed by atoms with Crippen molar-refractivity contribution in [3.8, 4) is 0 Å². The summed E-state index contributed by atoms with van der Waals surface area (Å²) in [5, 5.41) is 11.0. The van der Waals surface area contributed by atoms with E-state index in [1.54, 1.807) is 0 Å². The molecule has 0 spiro atoms. The Labute approximate surface area is 119 Å². The molecule has 20 heavy (non-hydrogen) atoms. The first-order chi connectivity index (χ1) is 9.72. The Kier molecular flexibility index (Phi) is 2.84. The summed E-state index contributed by atoms with van der Waals surface area (Å²) in [6.45, 7) is 0. The van der Waals surface area contributed by atoms with Gasteiger partial charge in [0, 0.05) is 36.4 Å². The van der Waals surface area contributed by atoms with Crippen LogP contribution in [0.25, 0.3) is 0 Å². The van der Waals surface area contributed by atoms with Gasteiger partial charge in [0.2, 0.25) is 0 Å². The van der Waals surface area contributed by atoms with Crippen LogP contribution in [0.3, 0.4) is 0 Å². The highest BCUT2D eigenvalue weighted by atomic mass is 16.2. The van der Waals surface area contributed by atoms with Crippen LogP contribution < -0.4 is 5.32 Å². The van der Waals surface area contributed by atoms with Crippen LogP contribution in [0.2, 0.25) is 0 Å². The van der Waals surface area contributed by atoms with Crippen LogP contribution >= 0.6 is 0 Å². The number of rotatable bonds is 2. The van der Waals surface area contributed by atoms with Crippen LogP contribution in [-0.4, -0.2) is 46.2 Å². The van der Waals surface area contributed by atoms with Crippen molar-refractivity contribution in [2.24, 2.45) is 0 Å². The maximum absolute atomic E-state index is 12.7. The SMILES string of the molecule is CN(C(=O)c1n[nH]c2c1CCC2)C1CC2CCC(C1)N2. The van der Waals surface area contributed by atoms with Crippen LogP contribution in [0.1, 0.15) is 53.8 Å². The first kappa shape index (κ1) is 12.4. The first-order valence-electron chi connectivity index (χ1n) is 7.81. The Hall–Kier alpha value is -1.36. The van der Waals surface area contributed by atoms with Gasteiger partial charge in [-0.3, -0.25) is 9.89 Å². The molecule has 4 rings (SSSR count). The molecule has 0 saturated carbocycles. The van der Waals surface area contributed by atoms with Gasteiger partial charge in [0.1, 0.15) is 0 Å². The van der Waals surface area contributed by atoms with Gasteiger partial charge in [-0.1, -0.05) is 0 Å². The molecule has 1 amide bonds. The number of aromatic nitrogens is 2. The number of piperidine rings is 1. The molecule has 2 fully saturated rings. The van der Waals surface area contributed by atoms with E-state index in [1.165, 1.54) is 24.1 Å². The lowest BCUT2D eigenvalue weighted by molar-refractivity contribution is 0.0674. The molecular weight excluding hydrogens is 252 g/mol. The van der Waals surface area contributed by atoms with E-state index in [0.29, 0.717) is 23.8 Å². The van der Waals surface area contributed by atoms with Crippen molar-refractivity contribution in [1.82, 2.24) is 20.4 Å². The summed E-state index contributed by atoms with van der Waals surface area (Å²) in [5.41, 5.74) is 3.01. The smallest absolute Gasteiger partial charge is 0.274 e. The zero-order valence-corrected chi connectivity index (χ0v) is 12.0. The third-order valence-corrected chi connectivity index (χ3v) is 5.33. The second-order valence-corrected chi connectivity index (χ2v) is 6.56. The average molecular weight is 274 g/mol. The molecule has 1 aliphatic carbocycles. The van der Waals surface area contributed by atoms with Crippen LogP contribution in [0.4, 0.5) is 0 Å². The van der Waals surface area contributed by atoms with Crippen LogP contribution in [0.15, 0.2) is 0 Å². The van der Waals surface area contributed by atoms with Gasteiger partial charge in [-0.05, 0) is 44.9 Å². The number of aromatic amines is 1. The summed E-state index contributed by atoms with van der Waals surface area (Å²) in [6, 6.07) is 1.59. The Balaban J connectivity index is 1.53. The summed E-state index contributed by atoms with van der Waals surface area (Å²) in [6.07, 6.45) is 7.89. The highest BCUT2D eigenvalue weighted by molar-refractivity contribution is 5.94. The fourth-order valence-corrected chi connectivity index (χ4v) is 4.17. The van der Waals surface area contributed by atoms with E-state index in [1.807, 2.05) is 11.9 Å². The topological polar surface area (TPSA) is 61.0 Å². The minimum absolute atomic E-state index is 0.107. The predicted octanol–water partition coefficient (Wildman–Crippen LogP) is 1.25. The molecule has 1 aromatic rings. The van der Waals surface area contributed by atoms with Gasteiger partial charge in [0.05, 0.1) is 0 Å². The van der Waals surface area contributed by atoms with Crippen molar-refractivity contribution in [3.63, 3.8) is 0 Å². The van der Waals surface area contributed by atoms with Crippen molar-refractivity contribution in [3.05, 3.63) is 17.0 Å². The molecule has 5 heteroatoms. The van der Waals surface area contributed by atoms with E-state index in [0.717, 1.165) is 32.1 Å². The average Bonchev–Trinajstić information content (AvgIpc) is 3.13. The summed E-state index contributed by atoms with van der Waals surface area (Å²) in [7, 11) is 1.95. The molecule has 2 N–H and O–H groups in total. The molecule has 3 aliphatic rings. The zero-order valence-electron chi connectivity index (χ0n) is 12.0. The molecule has 2 bridgehead atoms. The summed E-state index contributed by atoms with van der Waals surface area (Å²) in [4.78, 5) is 14.7. The minimum atomic E-state index is 0.107. The molecule has 2 unspecified atom stereocenters. The summed E-state index contributed by atoms with van der Waals surface area (Å²) >= 11 is 0. The van der Waals surface area contributed by atoms with Gasteiger partial charge in [0.15, 0.2) is 5.69 Å². The van der Waals surface area contributed by atoms with Crippen LogP contribution in [0.5, 0.6) is 0 Å². The molecule has 2 saturated heterocycles. The quantitative estimate of drug-likeness (QED) is 0.853. The third-order valence-electron chi connectivity index (χ3n) is 5.33. The number of hydrogen-bond donors (Lipinski definition) is 2. The molecule has 108 valence electrons. The van der Waals surface area contributed by atoms with Crippen molar-refractivity contribution in [2.75, 3.05) is 7.05 Å². The molecule has 2 atom stereocenters. The van der Waals surface area contributed by atoms with Crippen LogP contribution in [0, 0.1) is 0 Å². The van der Waals surface area contributed by atoms with Crippen molar-refractivity contribution < 1.29 is 4.79 Å². The maximum Gasteiger partial charge on any atom is 0.274 e. The largest absolute Gasteiger partial charge is 0.337 e. The zero-order chi connectivity index (χ0) is 13.7. The second kappa shape index (κ2) is 4.58. The molecule has 5 nitrogen and oxygen atoms in total. The minimum Gasteiger partial charge on any atom is -0.337 e. The highest BCUT2D eigenvalue weighted by Gasteiger charge is 2.37. The Bertz CT molecular complexity index is 526. The first-order valence-corrected chi connectivity index (χ1v) is 7.81. The summed E-state index contributed by atoms with van der Waals surface area (Å²) < 4.78 is 0. The van der Waals surface area contributed by atoms with E-state index in [-0.39, 0.29) is 5.91 Å². The van der Waals surface area contributed by atoms with Gasteiger partial charge in [-0.15, -0.1) is 0 Å². The van der Waals surface area contributed by atoms with Gasteiger partial charge in [-0.2, -0.15) is 5.10 Å². The fourth-order valence-electron chi connectivity index (χ4n) is 4.17. The number of H-pyrrole nitrogens is 1. The van der Waals surface area contributed by atoms with Crippen LogP contribution in [-0.2, 0) is 12.8 Å². The second-order valence-electron chi connectivity index (χ2n) is 6.56. The third kappa shape index (κ3) is 1.87. The van der Waals surface area contributed by atoms with E-state index < -0.39 is 0 Å². The number of carbonyl (C=O) groups is 1. The van der Waals surface area contributed by atoms with E-state index in [9.17, 15) is 4.79 Å². The normalized spacial score (nSPS) is 31.4. The number of nitrogens with one attached hydrogen (secondary N) is 2. The Morgan fingerprint density at radius 3 is 2.75 bits per heavy atom. The van der Waals surface area contributed by atoms with E-state index in [2.05, 4.69) is 15.5 Å². The summed E-state index contributed by atoms with van der Waals surface area (Å²) in [5.74, 6) is 0.107. The number of aryl methyl sites for hydroxylation is 1. The fraction of sp³-hybridized carbons (Fsp3) is 0.733. The highest BCUT2D eigenvalue weighted by Crippen LogP contribution is 2.30. The lowest BCUT2D eigenvalue weighted by atomic mass is 9.98. The maximum atomic E-state index is 12.7. The predicted molar refractivity (Wildman–Crippen MR) is 75.7 cm³/mol. The number of carbonyl (C=O) groups excluding carboxylic acids is 1. The standard InChI is InChI=1S/C15H22N4O/c1-19(11-7-9-5-6-10(8-11)16-9)15(20)14-12-3-2-4-13(12)17-18-14/h9-11,16H,2-8H2,1H3,(H,17,18). The lowest BCUT2D eigenvalue weighted by Gasteiger charge is -2.35. The number of nitrogens with zero attached hydrogens (tertiary/aromatic N) is 2. The Morgan fingerprint density at radius 2 is 2.00 bits per heavy atom. The molecule has 3 heterocycles. The molecule has 0 aromatic carbocycles. The van der Waals surface area contributed by atoms with Gasteiger partial charge >= 0.3 is 0 Å². The monoisotopic (exact) mass is 274 g/mol. The van der Waals surface area contributed by atoms with E-state index in [4.69, 9.17) is 0 Å². The van der Waals surface area contributed by atoms with E-state index >= 15 is 0 Å². The van der Waals surface area contributed by atoms with Crippen molar-refractivity contribution in [2.45, 2.75) is 63.1 Å². The Morgan fingerprint density at radius 1 is 1.25 bits per heavy atom. The number of amides is 1. The van der Waals surface area contributed by atoms with Gasteiger partial charge in [0.25, 0.3) is 5.91 Å². The molecular formula is C15H22N4O. The number of hydrogen-bond acceptors (Lipinski definition) is 3. The number of fused-ring (bicyclic) bond motifs is 3. The van der Waals surface area contributed by atoms with Gasteiger partial charge in [-0.25, -0.2) is 0 Å². The molecule has 2 aliphatic heterocycles. The molecule has 1 aromatic heterocycles. The van der Waals surface area contributed by atoms with Crippen molar-refractivity contribution in [1.29, 1.82) is 0 Å². The van der Waals surface area contributed by atoms with Crippen molar-refractivity contribution >= 4 is 5.91 Å².